The Morgan fingerprint density at radius 3 is 2.74 bits per heavy atom. The van der Waals surface area contributed by atoms with Crippen molar-refractivity contribution in [3.8, 4) is 0 Å². The predicted octanol–water partition coefficient (Wildman–Crippen LogP) is 0.834. The molecule has 0 radical (unpaired) electrons. The lowest BCUT2D eigenvalue weighted by Crippen LogP contribution is -2.52. The first-order valence-corrected chi connectivity index (χ1v) is 6.83. The van der Waals surface area contributed by atoms with Gasteiger partial charge in [-0.15, -0.1) is 0 Å². The molecule has 2 atom stereocenters. The summed E-state index contributed by atoms with van der Waals surface area (Å²) in [5, 5.41) is 15.4. The summed E-state index contributed by atoms with van der Waals surface area (Å²) in [6.07, 6.45) is 0.707. The van der Waals surface area contributed by atoms with Crippen molar-refractivity contribution in [3.63, 3.8) is 0 Å². The summed E-state index contributed by atoms with van der Waals surface area (Å²) in [6, 6.07) is 7.79. The van der Waals surface area contributed by atoms with Crippen molar-refractivity contribution in [2.45, 2.75) is 38.9 Å². The van der Waals surface area contributed by atoms with Gasteiger partial charge in [-0.05, 0) is 23.5 Å². The van der Waals surface area contributed by atoms with Gasteiger partial charge in [0.1, 0.15) is 0 Å². The van der Waals surface area contributed by atoms with E-state index >= 15 is 0 Å². The van der Waals surface area contributed by atoms with Crippen molar-refractivity contribution >= 4 is 5.91 Å². The molecule has 1 aliphatic heterocycles. The Labute approximate surface area is 114 Å². The monoisotopic (exact) mass is 262 g/mol. The van der Waals surface area contributed by atoms with E-state index in [2.05, 4.69) is 22.8 Å². The lowest BCUT2D eigenvalue weighted by atomic mass is 9.95. The van der Waals surface area contributed by atoms with Crippen LogP contribution in [-0.4, -0.2) is 29.7 Å². The lowest BCUT2D eigenvalue weighted by Gasteiger charge is -2.28. The largest absolute Gasteiger partial charge is 0.394 e. The predicted molar refractivity (Wildman–Crippen MR) is 74.6 cm³/mol. The molecule has 0 saturated carbocycles. The second kappa shape index (κ2) is 6.17. The molecular formula is C15H22N2O2. The van der Waals surface area contributed by atoms with Gasteiger partial charge in [0, 0.05) is 6.54 Å². The number of benzene rings is 1. The molecule has 1 amide bonds. The maximum atomic E-state index is 12.2. The smallest absolute Gasteiger partial charge is 0.237 e. The fraction of sp³-hybridized carbons (Fsp3) is 0.533. The summed E-state index contributed by atoms with van der Waals surface area (Å²) in [5.74, 6) is 0.201. The first-order valence-electron chi connectivity index (χ1n) is 6.83. The lowest BCUT2D eigenvalue weighted by molar-refractivity contribution is -0.124. The molecule has 0 aliphatic carbocycles. The van der Waals surface area contributed by atoms with E-state index in [1.54, 1.807) is 0 Å². The molecular weight excluding hydrogens is 240 g/mol. The van der Waals surface area contributed by atoms with Crippen molar-refractivity contribution in [1.29, 1.82) is 0 Å². The average molecular weight is 262 g/mol. The van der Waals surface area contributed by atoms with Crippen LogP contribution in [0.25, 0.3) is 0 Å². The maximum absolute atomic E-state index is 12.2. The highest BCUT2D eigenvalue weighted by molar-refractivity contribution is 5.82. The van der Waals surface area contributed by atoms with Crippen LogP contribution in [0.5, 0.6) is 0 Å². The number of nitrogens with one attached hydrogen (secondary N) is 2. The van der Waals surface area contributed by atoms with E-state index < -0.39 is 0 Å². The van der Waals surface area contributed by atoms with Gasteiger partial charge in [0.05, 0.1) is 18.7 Å². The zero-order valence-electron chi connectivity index (χ0n) is 11.5. The van der Waals surface area contributed by atoms with E-state index in [0.29, 0.717) is 6.42 Å². The fourth-order valence-electron chi connectivity index (χ4n) is 2.35. The highest BCUT2D eigenvalue weighted by atomic mass is 16.3. The Morgan fingerprint density at radius 2 is 2.11 bits per heavy atom. The van der Waals surface area contributed by atoms with Gasteiger partial charge in [0.15, 0.2) is 0 Å². The number of hydrogen-bond acceptors (Lipinski definition) is 3. The molecule has 0 fully saturated rings. The van der Waals surface area contributed by atoms with E-state index in [-0.39, 0.29) is 30.5 Å². The van der Waals surface area contributed by atoms with Crippen molar-refractivity contribution < 1.29 is 9.90 Å². The van der Waals surface area contributed by atoms with Gasteiger partial charge >= 0.3 is 0 Å². The van der Waals surface area contributed by atoms with Gasteiger partial charge < -0.3 is 15.7 Å². The van der Waals surface area contributed by atoms with Crippen LogP contribution >= 0.6 is 0 Å². The maximum Gasteiger partial charge on any atom is 0.237 e. The van der Waals surface area contributed by atoms with Crippen LogP contribution in [0.2, 0.25) is 0 Å². The number of carbonyl (C=O) groups excluding carboxylic acids is 1. The van der Waals surface area contributed by atoms with Crippen LogP contribution in [0, 0.1) is 5.92 Å². The molecule has 1 aromatic rings. The van der Waals surface area contributed by atoms with Crippen molar-refractivity contribution in [3.05, 3.63) is 35.4 Å². The second-order valence-electron chi connectivity index (χ2n) is 5.45. The van der Waals surface area contributed by atoms with Crippen LogP contribution in [0.1, 0.15) is 25.0 Å². The molecule has 19 heavy (non-hydrogen) atoms. The molecule has 4 nitrogen and oxygen atoms in total. The summed E-state index contributed by atoms with van der Waals surface area (Å²) in [7, 11) is 0. The van der Waals surface area contributed by atoms with Crippen LogP contribution in [0.3, 0.4) is 0 Å². The van der Waals surface area contributed by atoms with E-state index in [1.807, 2.05) is 26.0 Å². The normalized spacial score (nSPS) is 19.9. The van der Waals surface area contributed by atoms with Crippen molar-refractivity contribution in [2.75, 3.05) is 6.61 Å². The van der Waals surface area contributed by atoms with E-state index in [4.69, 9.17) is 0 Å². The second-order valence-corrected chi connectivity index (χ2v) is 5.45. The third-order valence-electron chi connectivity index (χ3n) is 3.73. The zero-order valence-corrected chi connectivity index (χ0v) is 11.5. The Morgan fingerprint density at radius 1 is 1.42 bits per heavy atom. The van der Waals surface area contributed by atoms with E-state index in [1.165, 1.54) is 11.1 Å². The molecule has 1 aliphatic rings. The standard InChI is InChI=1S/C15H22N2O2/c1-10(2)14(9-18)17-15(19)13-7-11-5-3-4-6-12(11)8-16-13/h3-6,10,13-14,16,18H,7-9H2,1-2H3,(H,17,19)/t13-,14-/m1/s1. The number of hydrogen-bond donors (Lipinski definition) is 3. The molecule has 4 heteroatoms. The highest BCUT2D eigenvalue weighted by Gasteiger charge is 2.26. The van der Waals surface area contributed by atoms with Gasteiger partial charge in [-0.2, -0.15) is 0 Å². The molecule has 104 valence electrons. The Kier molecular flexibility index (Phi) is 4.56. The summed E-state index contributed by atoms with van der Waals surface area (Å²) in [5.41, 5.74) is 2.49. The molecule has 1 aromatic carbocycles. The summed E-state index contributed by atoms with van der Waals surface area (Å²) < 4.78 is 0. The molecule has 0 unspecified atom stereocenters. The van der Waals surface area contributed by atoms with E-state index in [9.17, 15) is 9.90 Å². The number of fused-ring (bicyclic) bond motifs is 1. The third-order valence-corrected chi connectivity index (χ3v) is 3.73. The minimum atomic E-state index is -0.206. The highest BCUT2D eigenvalue weighted by Crippen LogP contribution is 2.16. The summed E-state index contributed by atoms with van der Waals surface area (Å²) >= 11 is 0. The Bertz CT molecular complexity index is 446. The first kappa shape index (κ1) is 14.0. The Balaban J connectivity index is 1.99. The molecule has 1 heterocycles. The number of amides is 1. The topological polar surface area (TPSA) is 61.4 Å². The van der Waals surface area contributed by atoms with Crippen LogP contribution < -0.4 is 10.6 Å². The van der Waals surface area contributed by atoms with Crippen molar-refractivity contribution in [2.24, 2.45) is 5.92 Å². The van der Waals surface area contributed by atoms with Gasteiger partial charge in [-0.1, -0.05) is 38.1 Å². The molecule has 0 spiro atoms. The van der Waals surface area contributed by atoms with Gasteiger partial charge in [-0.3, -0.25) is 4.79 Å². The van der Waals surface area contributed by atoms with Crippen LogP contribution in [0.4, 0.5) is 0 Å². The molecule has 0 aromatic heterocycles. The SMILES string of the molecule is CC(C)[C@@H](CO)NC(=O)[C@H]1Cc2ccccc2CN1. The number of carbonyl (C=O) groups is 1. The zero-order chi connectivity index (χ0) is 13.8. The van der Waals surface area contributed by atoms with Crippen molar-refractivity contribution in [1.82, 2.24) is 10.6 Å². The fourth-order valence-corrected chi connectivity index (χ4v) is 2.35. The van der Waals surface area contributed by atoms with Crippen LogP contribution in [0.15, 0.2) is 24.3 Å². The van der Waals surface area contributed by atoms with Gasteiger partial charge in [-0.25, -0.2) is 0 Å². The quantitative estimate of drug-likeness (QED) is 0.753. The minimum Gasteiger partial charge on any atom is -0.394 e. The number of aliphatic hydroxyl groups excluding tert-OH is 1. The first-order chi connectivity index (χ1) is 9.11. The van der Waals surface area contributed by atoms with Gasteiger partial charge in [0.2, 0.25) is 5.91 Å². The molecule has 2 rings (SSSR count). The Hall–Kier alpha value is -1.39. The molecule has 0 bridgehead atoms. The number of aliphatic hydroxyl groups is 1. The van der Waals surface area contributed by atoms with Gasteiger partial charge in [0.25, 0.3) is 0 Å². The van der Waals surface area contributed by atoms with E-state index in [0.717, 1.165) is 6.54 Å². The average Bonchev–Trinajstić information content (AvgIpc) is 2.43. The summed E-state index contributed by atoms with van der Waals surface area (Å²) in [4.78, 5) is 12.2. The minimum absolute atomic E-state index is 0.0211. The molecule has 3 N–H and O–H groups in total. The molecule has 0 saturated heterocycles. The number of rotatable bonds is 4. The third kappa shape index (κ3) is 3.33. The summed E-state index contributed by atoms with van der Waals surface area (Å²) in [6.45, 7) is 4.68. The van der Waals surface area contributed by atoms with Crippen LogP contribution in [-0.2, 0) is 17.8 Å².